The number of anilines is 1. The van der Waals surface area contributed by atoms with Gasteiger partial charge >= 0.3 is 0 Å². The maximum atomic E-state index is 11.1. The molecule has 110 valence electrons. The summed E-state index contributed by atoms with van der Waals surface area (Å²) in [6.45, 7) is 3.36. The van der Waals surface area contributed by atoms with Crippen LogP contribution >= 0.6 is 11.3 Å². The van der Waals surface area contributed by atoms with Crippen LogP contribution in [0.4, 0.5) is 5.13 Å². The monoisotopic (exact) mass is 311 g/mol. The Morgan fingerprint density at radius 2 is 1.91 bits per heavy atom. The van der Waals surface area contributed by atoms with Gasteiger partial charge in [0.1, 0.15) is 0 Å². The van der Waals surface area contributed by atoms with Crippen molar-refractivity contribution in [1.29, 1.82) is 0 Å². The first-order valence-electron chi connectivity index (χ1n) is 6.62. The molecule has 0 saturated carbocycles. The summed E-state index contributed by atoms with van der Waals surface area (Å²) in [5.74, 6) is 0.495. The number of hydrogen-bond acceptors (Lipinski definition) is 6. The summed E-state index contributed by atoms with van der Waals surface area (Å²) >= 11 is 1.40. The van der Waals surface area contributed by atoms with Crippen molar-refractivity contribution >= 4 is 22.4 Å². The van der Waals surface area contributed by atoms with Crippen LogP contribution in [0.2, 0.25) is 0 Å². The minimum atomic E-state index is -0.138. The predicted molar refractivity (Wildman–Crippen MR) is 85.4 cm³/mol. The van der Waals surface area contributed by atoms with E-state index in [0.29, 0.717) is 11.0 Å². The Bertz CT molecular complexity index is 816. The molecule has 0 spiro atoms. The van der Waals surface area contributed by atoms with Crippen LogP contribution in [0.1, 0.15) is 12.6 Å². The molecule has 0 fully saturated rings. The lowest BCUT2D eigenvalue weighted by molar-refractivity contribution is -0.114. The average molecular weight is 311 g/mol. The maximum absolute atomic E-state index is 11.1. The van der Waals surface area contributed by atoms with Crippen molar-refractivity contribution in [3.63, 3.8) is 0 Å². The van der Waals surface area contributed by atoms with Crippen LogP contribution in [0.5, 0.6) is 0 Å². The highest BCUT2D eigenvalue weighted by molar-refractivity contribution is 7.19. The average Bonchev–Trinajstić information content (AvgIpc) is 2.88. The number of hydrogen-bond donors (Lipinski definition) is 1. The van der Waals surface area contributed by atoms with Crippen LogP contribution < -0.4 is 5.32 Å². The first-order chi connectivity index (χ1) is 10.6. The number of carbonyl (C=O) groups is 1. The van der Waals surface area contributed by atoms with E-state index in [0.717, 1.165) is 21.8 Å². The molecule has 1 N–H and O–H groups in total. The van der Waals surface area contributed by atoms with Crippen LogP contribution in [-0.4, -0.2) is 25.8 Å². The molecule has 6 nitrogen and oxygen atoms in total. The highest BCUT2D eigenvalue weighted by Gasteiger charge is 2.13. The highest BCUT2D eigenvalue weighted by atomic mass is 32.1. The normalized spacial score (nSPS) is 10.5. The number of thiazole rings is 1. The summed E-state index contributed by atoms with van der Waals surface area (Å²) in [7, 11) is 0. The van der Waals surface area contributed by atoms with Gasteiger partial charge in [0, 0.05) is 31.1 Å². The highest BCUT2D eigenvalue weighted by Crippen LogP contribution is 2.32. The molecular formula is C15H13N5OS. The lowest BCUT2D eigenvalue weighted by atomic mass is 10.2. The summed E-state index contributed by atoms with van der Waals surface area (Å²) in [6.07, 6.45) is 5.13. The first-order valence-corrected chi connectivity index (χ1v) is 7.44. The molecule has 0 atom stereocenters. The zero-order valence-electron chi connectivity index (χ0n) is 12.1. The Hall–Kier alpha value is -2.67. The summed E-state index contributed by atoms with van der Waals surface area (Å²) in [4.78, 5) is 29.3. The molecule has 0 saturated heterocycles. The number of nitrogens with one attached hydrogen (secondary N) is 1. The minimum absolute atomic E-state index is 0.138. The second-order valence-corrected chi connectivity index (χ2v) is 5.62. The topological polar surface area (TPSA) is 80.7 Å². The van der Waals surface area contributed by atoms with Crippen molar-refractivity contribution in [2.75, 3.05) is 5.32 Å². The van der Waals surface area contributed by atoms with Crippen molar-refractivity contribution in [3.05, 3.63) is 42.5 Å². The van der Waals surface area contributed by atoms with Gasteiger partial charge in [-0.2, -0.15) is 0 Å². The smallest absolute Gasteiger partial charge is 0.223 e. The molecule has 1 amide bonds. The van der Waals surface area contributed by atoms with Crippen LogP contribution in [0.3, 0.4) is 0 Å². The third kappa shape index (κ3) is 2.99. The number of amides is 1. The molecule has 0 aliphatic carbocycles. The van der Waals surface area contributed by atoms with E-state index < -0.39 is 0 Å². The van der Waals surface area contributed by atoms with Crippen LogP contribution in [0.25, 0.3) is 22.0 Å². The van der Waals surface area contributed by atoms with Crippen molar-refractivity contribution in [3.8, 4) is 22.0 Å². The second kappa shape index (κ2) is 5.98. The number of aryl methyl sites for hydroxylation is 1. The van der Waals surface area contributed by atoms with E-state index in [-0.39, 0.29) is 5.91 Å². The number of nitrogens with zero attached hydrogens (tertiary/aromatic N) is 4. The van der Waals surface area contributed by atoms with Crippen molar-refractivity contribution in [2.45, 2.75) is 13.8 Å². The largest absolute Gasteiger partial charge is 0.302 e. The molecule has 3 heterocycles. The SMILES string of the molecule is CC(=O)Nc1nc(C)c(-c2ccnc(-c3ccncc3)n2)s1. The Kier molecular flexibility index (Phi) is 3.88. The van der Waals surface area contributed by atoms with Gasteiger partial charge in [-0.05, 0) is 25.1 Å². The molecule has 0 aliphatic rings. The molecule has 7 heteroatoms. The standard InChI is InChI=1S/C15H13N5OS/c1-9-13(22-15(18-9)19-10(2)21)12-5-8-17-14(20-12)11-3-6-16-7-4-11/h3-8H,1-2H3,(H,18,19,21). The van der Waals surface area contributed by atoms with Gasteiger partial charge in [-0.1, -0.05) is 11.3 Å². The number of pyridine rings is 1. The van der Waals surface area contributed by atoms with E-state index in [1.54, 1.807) is 18.6 Å². The van der Waals surface area contributed by atoms with Gasteiger partial charge in [-0.15, -0.1) is 0 Å². The lowest BCUT2D eigenvalue weighted by Crippen LogP contribution is -2.04. The summed E-state index contributed by atoms with van der Waals surface area (Å²) in [5.41, 5.74) is 2.52. The second-order valence-electron chi connectivity index (χ2n) is 4.62. The molecule has 0 radical (unpaired) electrons. The van der Waals surface area contributed by atoms with Gasteiger partial charge in [-0.25, -0.2) is 15.0 Å². The summed E-state index contributed by atoms with van der Waals surface area (Å²) in [6, 6.07) is 5.56. The van der Waals surface area contributed by atoms with Crippen molar-refractivity contribution < 1.29 is 4.79 Å². The molecule has 3 rings (SSSR count). The quantitative estimate of drug-likeness (QED) is 0.804. The first kappa shape index (κ1) is 14.3. The molecule has 3 aromatic rings. The number of carbonyl (C=O) groups excluding carboxylic acids is 1. The van der Waals surface area contributed by atoms with Gasteiger partial charge in [0.05, 0.1) is 16.3 Å². The van der Waals surface area contributed by atoms with E-state index in [1.165, 1.54) is 18.3 Å². The predicted octanol–water partition coefficient (Wildman–Crippen LogP) is 2.93. The minimum Gasteiger partial charge on any atom is -0.302 e. The van der Waals surface area contributed by atoms with Crippen LogP contribution in [0.15, 0.2) is 36.8 Å². The molecule has 0 aromatic carbocycles. The van der Waals surface area contributed by atoms with E-state index in [1.807, 2.05) is 25.1 Å². The third-order valence-corrected chi connectivity index (χ3v) is 4.00. The van der Waals surface area contributed by atoms with E-state index >= 15 is 0 Å². The van der Waals surface area contributed by atoms with Crippen LogP contribution in [0, 0.1) is 6.92 Å². The van der Waals surface area contributed by atoms with Crippen LogP contribution in [-0.2, 0) is 4.79 Å². The maximum Gasteiger partial charge on any atom is 0.223 e. The van der Waals surface area contributed by atoms with Crippen molar-refractivity contribution in [1.82, 2.24) is 19.9 Å². The fraction of sp³-hybridized carbons (Fsp3) is 0.133. The van der Waals surface area contributed by atoms with Crippen molar-refractivity contribution in [2.24, 2.45) is 0 Å². The Morgan fingerprint density at radius 1 is 1.14 bits per heavy atom. The van der Waals surface area contributed by atoms with Gasteiger partial charge in [-0.3, -0.25) is 9.78 Å². The number of rotatable bonds is 3. The zero-order valence-corrected chi connectivity index (χ0v) is 12.9. The molecule has 22 heavy (non-hydrogen) atoms. The fourth-order valence-electron chi connectivity index (χ4n) is 1.96. The molecular weight excluding hydrogens is 298 g/mol. The van der Waals surface area contributed by atoms with Gasteiger partial charge in [0.15, 0.2) is 11.0 Å². The van der Waals surface area contributed by atoms with E-state index in [2.05, 4.69) is 25.3 Å². The van der Waals surface area contributed by atoms with Gasteiger partial charge < -0.3 is 5.32 Å². The summed E-state index contributed by atoms with van der Waals surface area (Å²) < 4.78 is 0. The van der Waals surface area contributed by atoms with Gasteiger partial charge in [0.2, 0.25) is 5.91 Å². The Morgan fingerprint density at radius 3 is 2.64 bits per heavy atom. The lowest BCUT2D eigenvalue weighted by Gasteiger charge is -2.02. The zero-order chi connectivity index (χ0) is 15.5. The number of aromatic nitrogens is 4. The van der Waals surface area contributed by atoms with E-state index in [4.69, 9.17) is 0 Å². The Balaban J connectivity index is 1.99. The third-order valence-electron chi connectivity index (χ3n) is 2.91. The van der Waals surface area contributed by atoms with Gasteiger partial charge in [0.25, 0.3) is 0 Å². The molecule has 0 unspecified atom stereocenters. The molecule has 0 aliphatic heterocycles. The summed E-state index contributed by atoms with van der Waals surface area (Å²) in [5, 5.41) is 3.27. The molecule has 0 bridgehead atoms. The Labute approximate surface area is 131 Å². The fourth-order valence-corrected chi connectivity index (χ4v) is 2.95. The molecule has 3 aromatic heterocycles. The van der Waals surface area contributed by atoms with E-state index in [9.17, 15) is 4.79 Å².